The van der Waals surface area contributed by atoms with Crippen LogP contribution in [-0.4, -0.2) is 38.5 Å². The minimum atomic E-state index is -0.450. The van der Waals surface area contributed by atoms with E-state index in [1.807, 2.05) is 0 Å². The Kier molecular flexibility index (Phi) is 6.43. The Morgan fingerprint density at radius 3 is 2.61 bits per heavy atom. The number of hydrogen-bond donors (Lipinski definition) is 1. The minimum Gasteiger partial charge on any atom is -0.341 e. The van der Waals surface area contributed by atoms with Crippen LogP contribution in [0.3, 0.4) is 0 Å². The number of nitrogens with two attached hydrogens (primary N) is 1. The molecule has 1 heterocycles. The predicted molar refractivity (Wildman–Crippen MR) is 109 cm³/mol. The van der Waals surface area contributed by atoms with Gasteiger partial charge in [0, 0.05) is 34.8 Å². The third-order valence-corrected chi connectivity index (χ3v) is 5.51. The van der Waals surface area contributed by atoms with Crippen LogP contribution < -0.4 is 5.84 Å². The van der Waals surface area contributed by atoms with E-state index in [1.165, 1.54) is 21.7 Å². The van der Waals surface area contributed by atoms with Gasteiger partial charge in [-0.1, -0.05) is 41.0 Å². The first-order chi connectivity index (χ1) is 13.4. The number of thioether (sulfide) groups is 1. The summed E-state index contributed by atoms with van der Waals surface area (Å²) in [6.45, 7) is 0.0657. The number of carbonyl (C=O) groups is 1. The van der Waals surface area contributed by atoms with Gasteiger partial charge >= 0.3 is 0 Å². The zero-order valence-electron chi connectivity index (χ0n) is 14.8. The fourth-order valence-electron chi connectivity index (χ4n) is 2.42. The molecule has 0 aliphatic rings. The first-order valence-electron chi connectivity index (χ1n) is 8.13. The number of halogens is 3. The Balaban J connectivity index is 1.64. The van der Waals surface area contributed by atoms with Gasteiger partial charge in [-0.05, 0) is 36.4 Å². The first-order valence-corrected chi connectivity index (χ1v) is 9.87. The Bertz CT molecular complexity index is 976. The van der Waals surface area contributed by atoms with Crippen molar-refractivity contribution in [3.05, 3.63) is 63.9 Å². The molecule has 1 aromatic heterocycles. The summed E-state index contributed by atoms with van der Waals surface area (Å²) in [5.41, 5.74) is 1.03. The second-order valence-corrected chi connectivity index (χ2v) is 7.71. The molecule has 6 nitrogen and oxygen atoms in total. The highest BCUT2D eigenvalue weighted by atomic mass is 35.5. The molecule has 0 fully saturated rings. The number of hydrogen-bond acceptors (Lipinski definition) is 5. The van der Waals surface area contributed by atoms with E-state index in [4.69, 9.17) is 29.0 Å². The van der Waals surface area contributed by atoms with E-state index in [-0.39, 0.29) is 28.8 Å². The summed E-state index contributed by atoms with van der Waals surface area (Å²) >= 11 is 13.0. The van der Waals surface area contributed by atoms with Gasteiger partial charge in [-0.3, -0.25) is 4.79 Å². The third-order valence-electron chi connectivity index (χ3n) is 3.97. The molecule has 10 heteroatoms. The normalized spacial score (nSPS) is 10.9. The smallest absolute Gasteiger partial charge is 0.233 e. The van der Waals surface area contributed by atoms with Crippen LogP contribution >= 0.6 is 35.0 Å². The largest absolute Gasteiger partial charge is 0.341 e. The predicted octanol–water partition coefficient (Wildman–Crippen LogP) is 3.86. The fourth-order valence-corrected chi connectivity index (χ4v) is 3.56. The maximum atomic E-state index is 13.9. The van der Waals surface area contributed by atoms with E-state index in [0.29, 0.717) is 16.0 Å². The number of aromatic nitrogens is 3. The van der Waals surface area contributed by atoms with E-state index in [0.717, 1.165) is 17.3 Å². The molecule has 0 spiro atoms. The van der Waals surface area contributed by atoms with Crippen LogP contribution in [0.15, 0.2) is 47.6 Å². The molecule has 0 saturated carbocycles. The van der Waals surface area contributed by atoms with Crippen molar-refractivity contribution in [1.82, 2.24) is 19.8 Å². The number of carbonyl (C=O) groups excluding carboxylic acids is 1. The van der Waals surface area contributed by atoms with Crippen molar-refractivity contribution in [2.45, 2.75) is 11.7 Å². The van der Waals surface area contributed by atoms with Gasteiger partial charge < -0.3 is 10.7 Å². The lowest BCUT2D eigenvalue weighted by Gasteiger charge is -2.18. The van der Waals surface area contributed by atoms with Crippen LogP contribution in [0.5, 0.6) is 0 Å². The molecule has 146 valence electrons. The standard InChI is InChI=1S/C18H16Cl2FN5OS/c1-25(9-13-14(20)3-2-4-15(13)21)16(27)10-28-18-24-23-17(26(18)22)11-5-7-12(19)8-6-11/h2-8H,9-10,22H2,1H3. The summed E-state index contributed by atoms with van der Waals surface area (Å²) in [4.78, 5) is 13.8. The molecule has 3 aromatic rings. The number of benzene rings is 2. The van der Waals surface area contributed by atoms with Crippen molar-refractivity contribution in [2.75, 3.05) is 18.6 Å². The SMILES string of the molecule is CN(Cc1c(F)cccc1Cl)C(=O)CSc1nnc(-c2ccc(Cl)cc2)n1N. The van der Waals surface area contributed by atoms with E-state index < -0.39 is 5.82 Å². The quantitative estimate of drug-likeness (QED) is 0.466. The Hall–Kier alpha value is -2.29. The van der Waals surface area contributed by atoms with Crippen molar-refractivity contribution < 1.29 is 9.18 Å². The fraction of sp³-hybridized carbons (Fsp3) is 0.167. The van der Waals surface area contributed by atoms with Crippen LogP contribution in [0.2, 0.25) is 10.0 Å². The molecule has 0 radical (unpaired) electrons. The van der Waals surface area contributed by atoms with Crippen LogP contribution in [0, 0.1) is 5.82 Å². The molecule has 3 rings (SSSR count). The van der Waals surface area contributed by atoms with E-state index in [2.05, 4.69) is 10.2 Å². The molecule has 0 unspecified atom stereocenters. The molecule has 0 saturated heterocycles. The molecule has 0 atom stereocenters. The van der Waals surface area contributed by atoms with E-state index in [1.54, 1.807) is 37.4 Å². The van der Waals surface area contributed by atoms with Crippen LogP contribution in [0.1, 0.15) is 5.56 Å². The number of nitrogen functional groups attached to an aromatic ring is 1. The number of rotatable bonds is 6. The van der Waals surface area contributed by atoms with Gasteiger partial charge in [-0.2, -0.15) is 0 Å². The average Bonchev–Trinajstić information content (AvgIpc) is 3.04. The Morgan fingerprint density at radius 1 is 1.21 bits per heavy atom. The summed E-state index contributed by atoms with van der Waals surface area (Å²) in [6, 6.07) is 11.4. The first kappa shape index (κ1) is 20.4. The molecule has 2 N–H and O–H groups in total. The lowest BCUT2D eigenvalue weighted by molar-refractivity contribution is -0.127. The zero-order chi connectivity index (χ0) is 20.3. The minimum absolute atomic E-state index is 0.0657. The van der Waals surface area contributed by atoms with Crippen LogP contribution in [0.25, 0.3) is 11.4 Å². The summed E-state index contributed by atoms with van der Waals surface area (Å²) in [5, 5.41) is 9.35. The van der Waals surface area contributed by atoms with Crippen molar-refractivity contribution in [3.8, 4) is 11.4 Å². The van der Waals surface area contributed by atoms with Crippen molar-refractivity contribution in [2.24, 2.45) is 0 Å². The van der Waals surface area contributed by atoms with Crippen molar-refractivity contribution in [1.29, 1.82) is 0 Å². The molecule has 0 bridgehead atoms. The molecular formula is C18H16Cl2FN5OS. The highest BCUT2D eigenvalue weighted by Crippen LogP contribution is 2.24. The summed E-state index contributed by atoms with van der Waals surface area (Å²) < 4.78 is 15.2. The van der Waals surface area contributed by atoms with Gasteiger partial charge in [0.1, 0.15) is 5.82 Å². The molecule has 1 amide bonds. The molecule has 28 heavy (non-hydrogen) atoms. The Morgan fingerprint density at radius 2 is 1.93 bits per heavy atom. The lowest BCUT2D eigenvalue weighted by atomic mass is 10.2. The van der Waals surface area contributed by atoms with E-state index >= 15 is 0 Å². The summed E-state index contributed by atoms with van der Waals surface area (Å²) in [6.07, 6.45) is 0. The van der Waals surface area contributed by atoms with Gasteiger partial charge in [0.2, 0.25) is 11.1 Å². The maximum Gasteiger partial charge on any atom is 0.233 e. The van der Waals surface area contributed by atoms with Gasteiger partial charge in [-0.15, -0.1) is 10.2 Å². The number of nitrogens with zero attached hydrogens (tertiary/aromatic N) is 4. The van der Waals surface area contributed by atoms with E-state index in [9.17, 15) is 9.18 Å². The third kappa shape index (κ3) is 4.57. The highest BCUT2D eigenvalue weighted by molar-refractivity contribution is 7.99. The van der Waals surface area contributed by atoms with Crippen LogP contribution in [-0.2, 0) is 11.3 Å². The summed E-state index contributed by atoms with van der Waals surface area (Å²) in [5.74, 6) is 5.90. The molecule has 0 aliphatic carbocycles. The molecule has 0 aliphatic heterocycles. The lowest BCUT2D eigenvalue weighted by Crippen LogP contribution is -2.28. The average molecular weight is 440 g/mol. The second kappa shape index (κ2) is 8.81. The van der Waals surface area contributed by atoms with Gasteiger partial charge in [0.15, 0.2) is 5.82 Å². The zero-order valence-corrected chi connectivity index (χ0v) is 17.1. The van der Waals surface area contributed by atoms with Crippen molar-refractivity contribution >= 4 is 40.9 Å². The van der Waals surface area contributed by atoms with Gasteiger partial charge in [0.25, 0.3) is 0 Å². The monoisotopic (exact) mass is 439 g/mol. The Labute approximate surface area is 175 Å². The van der Waals surface area contributed by atoms with Crippen LogP contribution in [0.4, 0.5) is 4.39 Å². The van der Waals surface area contributed by atoms with Crippen molar-refractivity contribution in [3.63, 3.8) is 0 Å². The van der Waals surface area contributed by atoms with Gasteiger partial charge in [-0.25, -0.2) is 9.07 Å². The highest BCUT2D eigenvalue weighted by Gasteiger charge is 2.17. The molecular weight excluding hydrogens is 424 g/mol. The van der Waals surface area contributed by atoms with Gasteiger partial charge in [0.05, 0.1) is 5.75 Å². The topological polar surface area (TPSA) is 77.0 Å². The number of amides is 1. The molecule has 2 aromatic carbocycles. The summed E-state index contributed by atoms with van der Waals surface area (Å²) in [7, 11) is 1.58. The maximum absolute atomic E-state index is 13.9. The second-order valence-electron chi connectivity index (χ2n) is 5.92.